The van der Waals surface area contributed by atoms with E-state index in [0.29, 0.717) is 0 Å². The van der Waals surface area contributed by atoms with E-state index in [2.05, 4.69) is 4.74 Å². The number of phenols is 2. The Bertz CT molecular complexity index is 343. The topological polar surface area (TPSA) is 66.8 Å². The molecule has 0 saturated carbocycles. The molecule has 0 unspecified atom stereocenters. The largest absolute Gasteiger partial charge is 0.507 e. The highest BCUT2D eigenvalue weighted by Gasteiger charge is 2.32. The van der Waals surface area contributed by atoms with Gasteiger partial charge in [-0.15, -0.1) is 0 Å². The van der Waals surface area contributed by atoms with Gasteiger partial charge in [-0.3, -0.25) is 0 Å². The van der Waals surface area contributed by atoms with Crippen molar-refractivity contribution in [2.75, 3.05) is 0 Å². The van der Waals surface area contributed by atoms with Crippen molar-refractivity contribution in [3.63, 3.8) is 0 Å². The lowest BCUT2D eigenvalue weighted by atomic mass is 10.1. The van der Waals surface area contributed by atoms with Gasteiger partial charge in [-0.05, 0) is 12.1 Å². The molecule has 1 aliphatic rings. The minimum atomic E-state index is -0.603. The molecule has 1 aliphatic heterocycles. The summed E-state index contributed by atoms with van der Waals surface area (Å²) in [5, 5.41) is 18.0. The highest BCUT2D eigenvalue weighted by atomic mass is 16.6. The van der Waals surface area contributed by atoms with E-state index in [4.69, 9.17) is 10.2 Å². The SMILES string of the molecule is O=C1Oc2c(O)ccc(O)c21. The zero-order valence-corrected chi connectivity index (χ0v) is 5.37. The van der Waals surface area contributed by atoms with Crippen molar-refractivity contribution >= 4 is 5.97 Å². The number of carbonyl (C=O) groups is 1. The van der Waals surface area contributed by atoms with Gasteiger partial charge in [-0.2, -0.15) is 0 Å². The molecule has 11 heavy (non-hydrogen) atoms. The summed E-state index contributed by atoms with van der Waals surface area (Å²) in [6.07, 6.45) is 0. The summed E-state index contributed by atoms with van der Waals surface area (Å²) in [5.41, 5.74) is 0.0602. The lowest BCUT2D eigenvalue weighted by Gasteiger charge is -2.18. The van der Waals surface area contributed by atoms with Crippen LogP contribution >= 0.6 is 0 Å². The molecule has 0 radical (unpaired) electrons. The van der Waals surface area contributed by atoms with Gasteiger partial charge in [0.1, 0.15) is 11.3 Å². The van der Waals surface area contributed by atoms with Gasteiger partial charge in [0, 0.05) is 0 Å². The second-order valence-electron chi connectivity index (χ2n) is 2.20. The Labute approximate surface area is 61.7 Å². The number of benzene rings is 1. The van der Waals surface area contributed by atoms with Crippen LogP contribution in [0.4, 0.5) is 0 Å². The van der Waals surface area contributed by atoms with Gasteiger partial charge in [0.05, 0.1) is 0 Å². The van der Waals surface area contributed by atoms with E-state index in [1.165, 1.54) is 12.1 Å². The van der Waals surface area contributed by atoms with Gasteiger partial charge in [-0.1, -0.05) is 0 Å². The van der Waals surface area contributed by atoms with Gasteiger partial charge in [-0.25, -0.2) is 4.79 Å². The van der Waals surface area contributed by atoms with Crippen molar-refractivity contribution in [3.05, 3.63) is 17.7 Å². The Morgan fingerprint density at radius 2 is 1.82 bits per heavy atom. The minimum absolute atomic E-state index is 0.0602. The van der Waals surface area contributed by atoms with Gasteiger partial charge in [0.25, 0.3) is 0 Å². The zero-order chi connectivity index (χ0) is 8.01. The Morgan fingerprint density at radius 1 is 1.18 bits per heavy atom. The van der Waals surface area contributed by atoms with E-state index < -0.39 is 5.97 Å². The average molecular weight is 152 g/mol. The van der Waals surface area contributed by atoms with Crippen LogP contribution < -0.4 is 4.74 Å². The molecule has 4 nitrogen and oxygen atoms in total. The summed E-state index contributed by atoms with van der Waals surface area (Å²) in [7, 11) is 0. The molecular weight excluding hydrogens is 148 g/mol. The zero-order valence-electron chi connectivity index (χ0n) is 5.37. The molecule has 0 bridgehead atoms. The quantitative estimate of drug-likeness (QED) is 0.422. The molecular formula is C7H4O4. The van der Waals surface area contributed by atoms with Gasteiger partial charge < -0.3 is 14.9 Å². The maximum atomic E-state index is 10.6. The van der Waals surface area contributed by atoms with E-state index in [0.717, 1.165) is 0 Å². The number of carbonyl (C=O) groups excluding carboxylic acids is 1. The van der Waals surface area contributed by atoms with Crippen LogP contribution in [0.25, 0.3) is 0 Å². The maximum absolute atomic E-state index is 10.6. The Morgan fingerprint density at radius 3 is 2.36 bits per heavy atom. The fourth-order valence-electron chi connectivity index (χ4n) is 0.959. The van der Waals surface area contributed by atoms with Gasteiger partial charge >= 0.3 is 5.97 Å². The van der Waals surface area contributed by atoms with Crippen LogP contribution in [0.1, 0.15) is 10.4 Å². The molecule has 4 heteroatoms. The Hall–Kier alpha value is -1.71. The first-order valence-electron chi connectivity index (χ1n) is 2.97. The Balaban J connectivity index is 2.71. The first-order valence-corrected chi connectivity index (χ1v) is 2.97. The average Bonchev–Trinajstić information content (AvgIpc) is 1.93. The monoisotopic (exact) mass is 152 g/mol. The summed E-state index contributed by atoms with van der Waals surface area (Å²) in [6.45, 7) is 0. The second kappa shape index (κ2) is 1.66. The Kier molecular flexibility index (Phi) is 0.910. The fraction of sp³-hybridized carbons (Fsp3) is 0. The molecule has 1 aromatic carbocycles. The number of rotatable bonds is 0. The number of aromatic hydroxyl groups is 2. The van der Waals surface area contributed by atoms with Gasteiger partial charge in [0.2, 0.25) is 0 Å². The predicted octanol–water partition coefficient (Wildman–Crippen LogP) is 0.630. The third-order valence-electron chi connectivity index (χ3n) is 1.51. The van der Waals surface area contributed by atoms with E-state index >= 15 is 0 Å². The smallest absolute Gasteiger partial charge is 0.351 e. The summed E-state index contributed by atoms with van der Waals surface area (Å²) < 4.78 is 4.45. The van der Waals surface area contributed by atoms with Crippen LogP contribution in [0.2, 0.25) is 0 Å². The van der Waals surface area contributed by atoms with Gasteiger partial charge in [0.15, 0.2) is 11.5 Å². The summed E-state index contributed by atoms with van der Waals surface area (Å²) in [5.74, 6) is -0.824. The van der Waals surface area contributed by atoms with Crippen molar-refractivity contribution in [2.45, 2.75) is 0 Å². The molecule has 2 N–H and O–H groups in total. The molecule has 2 rings (SSSR count). The van der Waals surface area contributed by atoms with Crippen LogP contribution in [-0.2, 0) is 0 Å². The predicted molar refractivity (Wildman–Crippen MR) is 34.7 cm³/mol. The molecule has 1 aromatic rings. The van der Waals surface area contributed by atoms with E-state index in [1.54, 1.807) is 0 Å². The molecule has 0 amide bonds. The van der Waals surface area contributed by atoms with E-state index in [1.807, 2.05) is 0 Å². The summed E-state index contributed by atoms with van der Waals surface area (Å²) in [4.78, 5) is 10.6. The molecule has 0 aromatic heterocycles. The summed E-state index contributed by atoms with van der Waals surface area (Å²) >= 11 is 0. The van der Waals surface area contributed by atoms with Crippen molar-refractivity contribution in [2.24, 2.45) is 0 Å². The van der Waals surface area contributed by atoms with Crippen LogP contribution in [-0.4, -0.2) is 16.2 Å². The van der Waals surface area contributed by atoms with Crippen molar-refractivity contribution in [3.8, 4) is 17.2 Å². The molecule has 0 saturated heterocycles. The molecule has 0 atom stereocenters. The lowest BCUT2D eigenvalue weighted by Crippen LogP contribution is -2.20. The van der Waals surface area contributed by atoms with Crippen LogP contribution in [0.15, 0.2) is 12.1 Å². The second-order valence-corrected chi connectivity index (χ2v) is 2.20. The van der Waals surface area contributed by atoms with E-state index in [9.17, 15) is 4.79 Å². The highest BCUT2D eigenvalue weighted by molar-refractivity contribution is 6.05. The van der Waals surface area contributed by atoms with Crippen molar-refractivity contribution in [1.29, 1.82) is 0 Å². The van der Waals surface area contributed by atoms with E-state index in [-0.39, 0.29) is 22.8 Å². The number of esters is 1. The number of ether oxygens (including phenoxy) is 1. The molecule has 56 valence electrons. The molecule has 0 spiro atoms. The van der Waals surface area contributed by atoms with Crippen molar-refractivity contribution < 1.29 is 19.7 Å². The van der Waals surface area contributed by atoms with Crippen molar-refractivity contribution in [1.82, 2.24) is 0 Å². The number of phenolic OH excluding ortho intramolecular Hbond substituents is 2. The molecule has 0 fully saturated rings. The highest BCUT2D eigenvalue weighted by Crippen LogP contribution is 2.42. The maximum Gasteiger partial charge on any atom is 0.351 e. The molecule has 0 aliphatic carbocycles. The normalized spacial score (nSPS) is 13.3. The lowest BCUT2D eigenvalue weighted by molar-refractivity contribution is 0.0644. The first kappa shape index (κ1) is 6.03. The first-order chi connectivity index (χ1) is 5.20. The molecule has 1 heterocycles. The number of hydrogen-bond acceptors (Lipinski definition) is 4. The standard InChI is InChI=1S/C7H4O4/c8-3-1-2-4(9)6-5(3)7(10)11-6/h1-2,8-9H. The van der Waals surface area contributed by atoms with Crippen LogP contribution in [0.5, 0.6) is 17.2 Å². The third kappa shape index (κ3) is 0.605. The third-order valence-corrected chi connectivity index (χ3v) is 1.51. The number of fused-ring (bicyclic) bond motifs is 1. The fourth-order valence-corrected chi connectivity index (χ4v) is 0.959. The number of hydrogen-bond donors (Lipinski definition) is 2. The minimum Gasteiger partial charge on any atom is -0.507 e. The van der Waals surface area contributed by atoms with Crippen LogP contribution in [0, 0.1) is 0 Å². The summed E-state index contributed by atoms with van der Waals surface area (Å²) in [6, 6.07) is 2.51. The van der Waals surface area contributed by atoms with Crippen LogP contribution in [0.3, 0.4) is 0 Å².